The summed E-state index contributed by atoms with van der Waals surface area (Å²) in [6, 6.07) is 8.58. The van der Waals surface area contributed by atoms with E-state index in [0.29, 0.717) is 24.4 Å². The fourth-order valence-corrected chi connectivity index (χ4v) is 5.85. The molecule has 0 spiro atoms. The van der Waals surface area contributed by atoms with Gasteiger partial charge in [0, 0.05) is 36.8 Å². The monoisotopic (exact) mass is 438 g/mol. The molecule has 1 heterocycles. The normalized spacial score (nSPS) is 30.1. The molecule has 0 amide bonds. The lowest BCUT2D eigenvalue weighted by Gasteiger charge is -2.57. The van der Waals surface area contributed by atoms with Gasteiger partial charge in [0.1, 0.15) is 23.7 Å². The Morgan fingerprint density at radius 2 is 1.94 bits per heavy atom. The van der Waals surface area contributed by atoms with E-state index in [1.54, 1.807) is 12.1 Å². The smallest absolute Gasteiger partial charge is 0.336 e. The van der Waals surface area contributed by atoms with E-state index in [0.717, 1.165) is 30.2 Å². The second-order valence-corrected chi connectivity index (χ2v) is 9.69. The lowest BCUT2D eigenvalue weighted by atomic mass is 9.47. The van der Waals surface area contributed by atoms with Crippen LogP contribution in [0.1, 0.15) is 46.5 Å². The minimum atomic E-state index is -0.704. The summed E-state index contributed by atoms with van der Waals surface area (Å²) in [7, 11) is 0. The second kappa shape index (κ2) is 8.23. The molecule has 0 N–H and O–H groups in total. The maximum Gasteiger partial charge on any atom is 0.336 e. The summed E-state index contributed by atoms with van der Waals surface area (Å²) in [6.45, 7) is 10.4. The third-order valence-corrected chi connectivity index (χ3v) is 7.72. The van der Waals surface area contributed by atoms with Gasteiger partial charge in [-0.15, -0.1) is 0 Å². The molecule has 6 nitrogen and oxygen atoms in total. The van der Waals surface area contributed by atoms with Crippen LogP contribution in [0.25, 0.3) is 11.0 Å². The molecule has 1 aromatic heterocycles. The number of ether oxygens (including phenoxy) is 2. The summed E-state index contributed by atoms with van der Waals surface area (Å²) < 4.78 is 16.8. The Labute approximate surface area is 187 Å². The summed E-state index contributed by atoms with van der Waals surface area (Å²) in [5.41, 5.74) is 0.314. The van der Waals surface area contributed by atoms with E-state index in [2.05, 4.69) is 13.5 Å². The van der Waals surface area contributed by atoms with Crippen LogP contribution in [0, 0.1) is 22.7 Å². The molecule has 0 unspecified atom stereocenters. The largest absolute Gasteiger partial charge is 0.493 e. The molecule has 2 aromatic rings. The zero-order chi connectivity index (χ0) is 23.1. The van der Waals surface area contributed by atoms with Gasteiger partial charge in [0.25, 0.3) is 0 Å². The molecule has 2 saturated carbocycles. The Morgan fingerprint density at radius 1 is 1.19 bits per heavy atom. The highest BCUT2D eigenvalue weighted by Gasteiger charge is 2.58. The lowest BCUT2D eigenvalue weighted by molar-refractivity contribution is -0.163. The fraction of sp³-hybridized carbons (Fsp3) is 0.500. The van der Waals surface area contributed by atoms with E-state index in [1.807, 2.05) is 19.1 Å². The first kappa shape index (κ1) is 22.3. The van der Waals surface area contributed by atoms with Gasteiger partial charge in [-0.3, -0.25) is 9.59 Å². The predicted octanol–water partition coefficient (Wildman–Crippen LogP) is 4.69. The van der Waals surface area contributed by atoms with Crippen molar-refractivity contribution in [3.8, 4) is 5.75 Å². The molecule has 0 radical (unpaired) electrons. The van der Waals surface area contributed by atoms with Crippen LogP contribution in [-0.4, -0.2) is 25.0 Å². The van der Waals surface area contributed by atoms with Gasteiger partial charge in [-0.1, -0.05) is 19.1 Å². The van der Waals surface area contributed by atoms with Gasteiger partial charge in [-0.25, -0.2) is 4.79 Å². The SMILES string of the molecule is C=C1CC[C@H]2[C@@](C)(CCC(=O)[C@@]2(C)COC(C)=O)[C@@H]1COc1ccc2ccc(=O)oc2c1. The van der Waals surface area contributed by atoms with Crippen molar-refractivity contribution in [2.45, 2.75) is 46.5 Å². The first-order chi connectivity index (χ1) is 15.1. The van der Waals surface area contributed by atoms with Crippen molar-refractivity contribution >= 4 is 22.7 Å². The van der Waals surface area contributed by atoms with Crippen LogP contribution in [0.15, 0.2) is 51.7 Å². The molecular weight excluding hydrogens is 408 g/mol. The van der Waals surface area contributed by atoms with E-state index >= 15 is 0 Å². The van der Waals surface area contributed by atoms with Gasteiger partial charge in [-0.2, -0.15) is 0 Å². The number of carbonyl (C=O) groups is 2. The van der Waals surface area contributed by atoms with Crippen molar-refractivity contribution in [2.75, 3.05) is 13.2 Å². The molecule has 4 rings (SSSR count). The number of benzene rings is 1. The molecule has 0 saturated heterocycles. The molecule has 2 fully saturated rings. The molecule has 6 heteroatoms. The van der Waals surface area contributed by atoms with Crippen molar-refractivity contribution < 1.29 is 23.5 Å². The number of ketones is 1. The molecule has 2 aliphatic rings. The van der Waals surface area contributed by atoms with E-state index in [-0.39, 0.29) is 35.6 Å². The molecule has 0 aliphatic heterocycles. The highest BCUT2D eigenvalue weighted by Crippen LogP contribution is 2.60. The van der Waals surface area contributed by atoms with Gasteiger partial charge in [0.2, 0.25) is 0 Å². The highest BCUT2D eigenvalue weighted by atomic mass is 16.5. The van der Waals surface area contributed by atoms with Gasteiger partial charge >= 0.3 is 11.6 Å². The minimum absolute atomic E-state index is 0.0597. The number of fused-ring (bicyclic) bond motifs is 2. The van der Waals surface area contributed by atoms with Crippen LogP contribution in [0.4, 0.5) is 0 Å². The van der Waals surface area contributed by atoms with Gasteiger partial charge in [0.05, 0.1) is 12.0 Å². The van der Waals surface area contributed by atoms with E-state index < -0.39 is 11.0 Å². The number of carbonyl (C=O) groups excluding carboxylic acids is 2. The van der Waals surface area contributed by atoms with Crippen molar-refractivity contribution in [2.24, 2.45) is 22.7 Å². The van der Waals surface area contributed by atoms with Crippen LogP contribution >= 0.6 is 0 Å². The topological polar surface area (TPSA) is 82.8 Å². The Morgan fingerprint density at radius 3 is 2.69 bits per heavy atom. The van der Waals surface area contributed by atoms with Crippen molar-refractivity contribution in [3.63, 3.8) is 0 Å². The summed E-state index contributed by atoms with van der Waals surface area (Å²) >= 11 is 0. The molecule has 170 valence electrons. The lowest BCUT2D eigenvalue weighted by Crippen LogP contribution is -2.57. The van der Waals surface area contributed by atoms with Crippen LogP contribution in [0.2, 0.25) is 0 Å². The van der Waals surface area contributed by atoms with Gasteiger partial charge in [-0.05, 0) is 55.7 Å². The molecule has 2 aliphatic carbocycles. The van der Waals surface area contributed by atoms with Crippen LogP contribution in [-0.2, 0) is 14.3 Å². The van der Waals surface area contributed by atoms with E-state index in [4.69, 9.17) is 13.9 Å². The highest BCUT2D eigenvalue weighted by molar-refractivity contribution is 5.86. The number of rotatable bonds is 5. The first-order valence-electron chi connectivity index (χ1n) is 11.1. The van der Waals surface area contributed by atoms with Gasteiger partial charge in [0.15, 0.2) is 0 Å². The van der Waals surface area contributed by atoms with Crippen molar-refractivity contribution in [1.82, 2.24) is 0 Å². The Balaban J connectivity index is 1.58. The average molecular weight is 439 g/mol. The van der Waals surface area contributed by atoms with Crippen LogP contribution in [0.3, 0.4) is 0 Å². The second-order valence-electron chi connectivity index (χ2n) is 9.69. The summed E-state index contributed by atoms with van der Waals surface area (Å²) in [6.07, 6.45) is 2.86. The number of esters is 1. The maximum absolute atomic E-state index is 13.0. The van der Waals surface area contributed by atoms with E-state index in [9.17, 15) is 14.4 Å². The summed E-state index contributed by atoms with van der Waals surface area (Å²) in [4.78, 5) is 36.0. The molecular formula is C26H30O6. The minimum Gasteiger partial charge on any atom is -0.493 e. The zero-order valence-electron chi connectivity index (χ0n) is 18.9. The van der Waals surface area contributed by atoms with E-state index in [1.165, 1.54) is 13.0 Å². The Hall–Kier alpha value is -2.89. The zero-order valence-corrected chi connectivity index (χ0v) is 18.9. The Bertz CT molecular complexity index is 1130. The summed E-state index contributed by atoms with van der Waals surface area (Å²) in [5.74, 6) is 0.557. The molecule has 32 heavy (non-hydrogen) atoms. The molecule has 4 atom stereocenters. The third-order valence-electron chi connectivity index (χ3n) is 7.72. The number of hydrogen-bond acceptors (Lipinski definition) is 6. The first-order valence-corrected chi connectivity index (χ1v) is 11.1. The maximum atomic E-state index is 13.0. The molecule has 0 bridgehead atoms. The Kier molecular flexibility index (Phi) is 5.74. The predicted molar refractivity (Wildman–Crippen MR) is 120 cm³/mol. The van der Waals surface area contributed by atoms with Crippen LogP contribution < -0.4 is 10.4 Å². The van der Waals surface area contributed by atoms with Crippen molar-refractivity contribution in [3.05, 3.63) is 52.9 Å². The van der Waals surface area contributed by atoms with Gasteiger partial charge < -0.3 is 13.9 Å². The third kappa shape index (κ3) is 3.87. The number of hydrogen-bond donors (Lipinski definition) is 0. The van der Waals surface area contributed by atoms with Crippen molar-refractivity contribution in [1.29, 1.82) is 0 Å². The summed E-state index contributed by atoms with van der Waals surface area (Å²) in [5, 5.41) is 0.832. The standard InChI is InChI=1S/C26H30O6/c1-16-5-9-22-25(3,12-11-23(28)26(22,4)15-31-17(2)27)20(16)14-30-19-8-6-18-7-10-24(29)32-21(18)13-19/h6-8,10,13,20,22H,1,5,9,11-12,14-15H2,2-4H3/t20-,22+,25+,26+/m1/s1. The quantitative estimate of drug-likeness (QED) is 0.383. The fourth-order valence-electron chi connectivity index (χ4n) is 5.85. The molecule has 1 aromatic carbocycles. The number of Topliss-reactive ketones (excluding diaryl/α,β-unsaturated/α-hetero) is 1. The average Bonchev–Trinajstić information content (AvgIpc) is 2.74. The van der Waals surface area contributed by atoms with Crippen LogP contribution in [0.5, 0.6) is 5.75 Å².